The molecular weight excluding hydrogens is 209 g/mol. The normalized spacial score (nSPS) is 10.1. The maximum absolute atomic E-state index is 13.2. The van der Waals surface area contributed by atoms with Crippen molar-refractivity contribution >= 4 is 5.91 Å². The molecule has 2 N–H and O–H groups in total. The number of nitrogens with one attached hydrogen (secondary N) is 1. The monoisotopic (exact) mass is 225 g/mol. The van der Waals surface area contributed by atoms with Crippen LogP contribution in [0.1, 0.15) is 29.6 Å². The molecule has 0 aliphatic heterocycles. The van der Waals surface area contributed by atoms with Crippen LogP contribution in [-0.2, 0) is 0 Å². The Bertz CT molecular complexity index is 342. The molecule has 0 aliphatic rings. The molecule has 1 aromatic rings. The number of aliphatic hydroxyl groups excluding tert-OH is 1. The van der Waals surface area contributed by atoms with Crippen molar-refractivity contribution in [2.45, 2.75) is 19.3 Å². The summed E-state index contributed by atoms with van der Waals surface area (Å²) in [5, 5.41) is 11.2. The lowest BCUT2D eigenvalue weighted by Gasteiger charge is -2.05. The molecule has 4 heteroatoms. The van der Waals surface area contributed by atoms with E-state index in [0.717, 1.165) is 19.3 Å². The second kappa shape index (κ2) is 6.95. The lowest BCUT2D eigenvalue weighted by atomic mass is 10.2. The largest absolute Gasteiger partial charge is 0.396 e. The molecule has 0 fully saturated rings. The highest BCUT2D eigenvalue weighted by atomic mass is 19.1. The van der Waals surface area contributed by atoms with Crippen molar-refractivity contribution < 1.29 is 14.3 Å². The number of benzene rings is 1. The molecule has 3 nitrogen and oxygen atoms in total. The van der Waals surface area contributed by atoms with Crippen LogP contribution >= 0.6 is 0 Å². The molecule has 0 unspecified atom stereocenters. The van der Waals surface area contributed by atoms with Crippen LogP contribution in [0.3, 0.4) is 0 Å². The van der Waals surface area contributed by atoms with Crippen LogP contribution < -0.4 is 5.32 Å². The quantitative estimate of drug-likeness (QED) is 0.724. The lowest BCUT2D eigenvalue weighted by molar-refractivity contribution is 0.0949. The Morgan fingerprint density at radius 2 is 2.00 bits per heavy atom. The number of unbranched alkanes of at least 4 members (excludes halogenated alkanes) is 2. The first-order chi connectivity index (χ1) is 7.75. The average Bonchev–Trinajstić information content (AvgIpc) is 2.29. The number of hydrogen-bond donors (Lipinski definition) is 2. The smallest absolute Gasteiger partial charge is 0.254 e. The molecule has 16 heavy (non-hydrogen) atoms. The van der Waals surface area contributed by atoms with Gasteiger partial charge in [-0.3, -0.25) is 4.79 Å². The van der Waals surface area contributed by atoms with E-state index in [9.17, 15) is 9.18 Å². The summed E-state index contributed by atoms with van der Waals surface area (Å²) >= 11 is 0. The Labute approximate surface area is 94.3 Å². The second-order valence-electron chi connectivity index (χ2n) is 3.52. The molecule has 0 atom stereocenters. The van der Waals surface area contributed by atoms with Gasteiger partial charge in [0.2, 0.25) is 0 Å². The van der Waals surface area contributed by atoms with E-state index in [1.54, 1.807) is 12.1 Å². The van der Waals surface area contributed by atoms with Crippen molar-refractivity contribution in [3.05, 3.63) is 35.6 Å². The first kappa shape index (κ1) is 12.6. The summed E-state index contributed by atoms with van der Waals surface area (Å²) < 4.78 is 13.2. The van der Waals surface area contributed by atoms with E-state index in [1.165, 1.54) is 12.1 Å². The summed E-state index contributed by atoms with van der Waals surface area (Å²) in [6.07, 6.45) is 2.38. The van der Waals surface area contributed by atoms with Gasteiger partial charge in [-0.1, -0.05) is 12.1 Å². The Hall–Kier alpha value is -1.42. The highest BCUT2D eigenvalue weighted by molar-refractivity contribution is 5.94. The summed E-state index contributed by atoms with van der Waals surface area (Å²) in [6.45, 7) is 0.675. The fourth-order valence-electron chi connectivity index (χ4n) is 1.36. The molecular formula is C12H16FNO2. The van der Waals surface area contributed by atoms with Crippen LogP contribution in [0.4, 0.5) is 4.39 Å². The minimum atomic E-state index is -0.504. The molecule has 0 spiro atoms. The summed E-state index contributed by atoms with van der Waals surface area (Å²) in [7, 11) is 0. The number of hydrogen-bond acceptors (Lipinski definition) is 2. The van der Waals surface area contributed by atoms with E-state index in [0.29, 0.717) is 6.54 Å². The average molecular weight is 225 g/mol. The van der Waals surface area contributed by atoms with Gasteiger partial charge >= 0.3 is 0 Å². The van der Waals surface area contributed by atoms with Gasteiger partial charge in [0.05, 0.1) is 5.56 Å². The third-order valence-electron chi connectivity index (χ3n) is 2.24. The Balaban J connectivity index is 2.33. The third kappa shape index (κ3) is 3.98. The van der Waals surface area contributed by atoms with Gasteiger partial charge in [0.25, 0.3) is 5.91 Å². The fourth-order valence-corrected chi connectivity index (χ4v) is 1.36. The van der Waals surface area contributed by atoms with E-state index in [4.69, 9.17) is 5.11 Å². The molecule has 1 rings (SSSR count). The van der Waals surface area contributed by atoms with E-state index in [2.05, 4.69) is 5.32 Å². The number of halogens is 1. The summed E-state index contributed by atoms with van der Waals surface area (Å²) in [4.78, 5) is 11.5. The molecule has 1 aromatic carbocycles. The first-order valence-electron chi connectivity index (χ1n) is 5.39. The van der Waals surface area contributed by atoms with Crippen LogP contribution in [0.25, 0.3) is 0 Å². The van der Waals surface area contributed by atoms with E-state index < -0.39 is 5.82 Å². The SMILES string of the molecule is O=C(NCCCCCO)c1ccccc1F. The van der Waals surface area contributed by atoms with Crippen molar-refractivity contribution in [1.29, 1.82) is 0 Å². The number of aliphatic hydroxyl groups is 1. The second-order valence-corrected chi connectivity index (χ2v) is 3.52. The molecule has 0 bridgehead atoms. The van der Waals surface area contributed by atoms with E-state index >= 15 is 0 Å². The maximum Gasteiger partial charge on any atom is 0.254 e. The third-order valence-corrected chi connectivity index (χ3v) is 2.24. The first-order valence-corrected chi connectivity index (χ1v) is 5.39. The fraction of sp³-hybridized carbons (Fsp3) is 0.417. The highest BCUT2D eigenvalue weighted by Gasteiger charge is 2.09. The Morgan fingerprint density at radius 3 is 2.69 bits per heavy atom. The van der Waals surface area contributed by atoms with Crippen LogP contribution in [0.2, 0.25) is 0 Å². The van der Waals surface area contributed by atoms with Crippen molar-refractivity contribution in [2.24, 2.45) is 0 Å². The zero-order valence-electron chi connectivity index (χ0n) is 9.08. The van der Waals surface area contributed by atoms with Gasteiger partial charge in [-0.25, -0.2) is 4.39 Å². The summed E-state index contributed by atoms with van der Waals surface area (Å²) in [5.74, 6) is -0.891. The van der Waals surface area contributed by atoms with Gasteiger partial charge in [0.15, 0.2) is 0 Å². The zero-order valence-corrected chi connectivity index (χ0v) is 9.08. The van der Waals surface area contributed by atoms with Gasteiger partial charge in [0, 0.05) is 13.2 Å². The molecule has 0 aliphatic carbocycles. The number of carbonyl (C=O) groups is 1. The van der Waals surface area contributed by atoms with Gasteiger partial charge < -0.3 is 10.4 Å². The molecule has 0 radical (unpaired) electrons. The van der Waals surface area contributed by atoms with Crippen LogP contribution in [-0.4, -0.2) is 24.2 Å². The van der Waals surface area contributed by atoms with Crippen LogP contribution in [0.15, 0.2) is 24.3 Å². The molecule has 0 aromatic heterocycles. The molecule has 0 saturated carbocycles. The lowest BCUT2D eigenvalue weighted by Crippen LogP contribution is -2.25. The van der Waals surface area contributed by atoms with E-state index in [1.807, 2.05) is 0 Å². The predicted molar refractivity (Wildman–Crippen MR) is 59.7 cm³/mol. The Kier molecular flexibility index (Phi) is 5.50. The maximum atomic E-state index is 13.2. The minimum Gasteiger partial charge on any atom is -0.396 e. The Morgan fingerprint density at radius 1 is 1.25 bits per heavy atom. The molecule has 0 heterocycles. The van der Waals surface area contributed by atoms with Crippen molar-refractivity contribution in [2.75, 3.05) is 13.2 Å². The molecule has 88 valence electrons. The van der Waals surface area contributed by atoms with Crippen molar-refractivity contribution in [3.63, 3.8) is 0 Å². The standard InChI is InChI=1S/C12H16FNO2/c13-11-7-3-2-6-10(11)12(16)14-8-4-1-5-9-15/h2-3,6-7,15H,1,4-5,8-9H2,(H,14,16). The van der Waals surface area contributed by atoms with Gasteiger partial charge in [-0.15, -0.1) is 0 Å². The van der Waals surface area contributed by atoms with Gasteiger partial charge in [0.1, 0.15) is 5.82 Å². The zero-order chi connectivity index (χ0) is 11.8. The summed E-state index contributed by atoms with van der Waals surface area (Å²) in [5.41, 5.74) is 0.0738. The van der Waals surface area contributed by atoms with Crippen molar-refractivity contribution in [1.82, 2.24) is 5.32 Å². The predicted octanol–water partition coefficient (Wildman–Crippen LogP) is 1.72. The number of carbonyl (C=O) groups excluding carboxylic acids is 1. The van der Waals surface area contributed by atoms with Gasteiger partial charge in [-0.05, 0) is 31.4 Å². The van der Waals surface area contributed by atoms with E-state index in [-0.39, 0.29) is 18.1 Å². The molecule has 1 amide bonds. The van der Waals surface area contributed by atoms with Crippen LogP contribution in [0, 0.1) is 5.82 Å². The number of amides is 1. The van der Waals surface area contributed by atoms with Crippen molar-refractivity contribution in [3.8, 4) is 0 Å². The minimum absolute atomic E-state index is 0.0738. The van der Waals surface area contributed by atoms with Crippen LogP contribution in [0.5, 0.6) is 0 Å². The number of rotatable bonds is 6. The topological polar surface area (TPSA) is 49.3 Å². The highest BCUT2D eigenvalue weighted by Crippen LogP contribution is 2.05. The summed E-state index contributed by atoms with van der Waals surface area (Å²) in [6, 6.07) is 5.90. The van der Waals surface area contributed by atoms with Gasteiger partial charge in [-0.2, -0.15) is 0 Å². The molecule has 0 saturated heterocycles.